The van der Waals surface area contributed by atoms with Gasteiger partial charge in [-0.2, -0.15) is 0 Å². The second-order valence-corrected chi connectivity index (χ2v) is 6.89. The second-order valence-electron chi connectivity index (χ2n) is 4.77. The van der Waals surface area contributed by atoms with Crippen LogP contribution < -0.4 is 10.0 Å². The summed E-state index contributed by atoms with van der Waals surface area (Å²) in [5.41, 5.74) is 1.76. The van der Waals surface area contributed by atoms with E-state index in [0.717, 1.165) is 0 Å². The Balaban J connectivity index is 2.26. The van der Waals surface area contributed by atoms with E-state index in [-0.39, 0.29) is 10.8 Å². The van der Waals surface area contributed by atoms with Crippen LogP contribution in [0.1, 0.15) is 12.5 Å². The van der Waals surface area contributed by atoms with E-state index >= 15 is 0 Å². The number of aryl methyl sites for hydroxylation is 1. The Morgan fingerprint density at radius 2 is 1.73 bits per heavy atom. The molecule has 5 nitrogen and oxygen atoms in total. The van der Waals surface area contributed by atoms with E-state index in [1.807, 2.05) is 0 Å². The molecule has 0 aliphatic heterocycles. The van der Waals surface area contributed by atoms with E-state index < -0.39 is 10.0 Å². The summed E-state index contributed by atoms with van der Waals surface area (Å²) in [5.74, 6) is -0.186. The first-order chi connectivity index (χ1) is 10.3. The van der Waals surface area contributed by atoms with Crippen LogP contribution in [0.4, 0.5) is 11.4 Å². The molecule has 0 heterocycles. The third-order valence-corrected chi connectivity index (χ3v) is 4.55. The summed E-state index contributed by atoms with van der Waals surface area (Å²) in [6.45, 7) is 3.16. The lowest BCUT2D eigenvalue weighted by molar-refractivity contribution is -0.114. The quantitative estimate of drug-likeness (QED) is 0.897. The van der Waals surface area contributed by atoms with Gasteiger partial charge in [-0.1, -0.05) is 11.6 Å². The minimum absolute atomic E-state index is 0.127. The number of hydrogen-bond acceptors (Lipinski definition) is 3. The van der Waals surface area contributed by atoms with Crippen molar-refractivity contribution >= 4 is 38.9 Å². The predicted molar refractivity (Wildman–Crippen MR) is 87.7 cm³/mol. The average molecular weight is 339 g/mol. The summed E-state index contributed by atoms with van der Waals surface area (Å²) in [6, 6.07) is 10.8. The molecule has 0 unspecified atom stereocenters. The molecule has 2 aromatic carbocycles. The molecule has 0 radical (unpaired) electrons. The van der Waals surface area contributed by atoms with Crippen molar-refractivity contribution in [2.24, 2.45) is 0 Å². The minimum Gasteiger partial charge on any atom is -0.326 e. The summed E-state index contributed by atoms with van der Waals surface area (Å²) in [6.07, 6.45) is 0. The molecule has 0 fully saturated rings. The van der Waals surface area contributed by atoms with Gasteiger partial charge in [-0.05, 0) is 55.0 Å². The zero-order valence-corrected chi connectivity index (χ0v) is 13.6. The van der Waals surface area contributed by atoms with Gasteiger partial charge in [-0.25, -0.2) is 8.42 Å². The Morgan fingerprint density at radius 1 is 1.09 bits per heavy atom. The molecule has 0 spiro atoms. The molecule has 0 saturated carbocycles. The van der Waals surface area contributed by atoms with Gasteiger partial charge in [-0.15, -0.1) is 0 Å². The highest BCUT2D eigenvalue weighted by atomic mass is 35.5. The number of sulfonamides is 1. The van der Waals surface area contributed by atoms with Crippen LogP contribution in [0.5, 0.6) is 0 Å². The fourth-order valence-corrected chi connectivity index (χ4v) is 3.13. The SMILES string of the molecule is CC(=O)Nc1ccc(NS(=O)(=O)c2ccc(Cl)cc2)c(C)c1. The highest BCUT2D eigenvalue weighted by molar-refractivity contribution is 7.92. The maximum absolute atomic E-state index is 12.3. The van der Waals surface area contributed by atoms with Gasteiger partial charge < -0.3 is 5.32 Å². The molecule has 1 amide bonds. The van der Waals surface area contributed by atoms with Crippen LogP contribution in [-0.2, 0) is 14.8 Å². The van der Waals surface area contributed by atoms with E-state index in [4.69, 9.17) is 11.6 Å². The Kier molecular flexibility index (Phi) is 4.73. The molecular weight excluding hydrogens is 324 g/mol. The predicted octanol–water partition coefficient (Wildman–Crippen LogP) is 3.41. The van der Waals surface area contributed by atoms with Crippen molar-refractivity contribution in [3.63, 3.8) is 0 Å². The minimum atomic E-state index is -3.68. The summed E-state index contributed by atoms with van der Waals surface area (Å²) in [5, 5.41) is 3.11. The standard InChI is InChI=1S/C15H15ClN2O3S/c1-10-9-13(17-11(2)19)5-8-15(10)18-22(20,21)14-6-3-12(16)4-7-14/h3-9,18H,1-2H3,(H,17,19). The van der Waals surface area contributed by atoms with E-state index in [2.05, 4.69) is 10.0 Å². The normalized spacial score (nSPS) is 11.0. The summed E-state index contributed by atoms with van der Waals surface area (Å²) in [4.78, 5) is 11.1. The molecule has 2 rings (SSSR count). The first kappa shape index (κ1) is 16.3. The molecule has 0 atom stereocenters. The first-order valence-electron chi connectivity index (χ1n) is 6.44. The van der Waals surface area contributed by atoms with Crippen molar-refractivity contribution in [3.05, 3.63) is 53.1 Å². The van der Waals surface area contributed by atoms with Crippen LogP contribution in [0.3, 0.4) is 0 Å². The van der Waals surface area contributed by atoms with Crippen molar-refractivity contribution < 1.29 is 13.2 Å². The third kappa shape index (κ3) is 3.99. The molecule has 0 saturated heterocycles. The number of anilines is 2. The molecule has 7 heteroatoms. The summed E-state index contributed by atoms with van der Waals surface area (Å²) in [7, 11) is -3.68. The zero-order chi connectivity index (χ0) is 16.3. The molecule has 0 aliphatic rings. The number of hydrogen-bond donors (Lipinski definition) is 2. The largest absolute Gasteiger partial charge is 0.326 e. The monoisotopic (exact) mass is 338 g/mol. The van der Waals surface area contributed by atoms with Gasteiger partial charge in [0, 0.05) is 17.6 Å². The van der Waals surface area contributed by atoms with E-state index in [1.165, 1.54) is 31.2 Å². The maximum Gasteiger partial charge on any atom is 0.261 e. The number of benzene rings is 2. The van der Waals surface area contributed by atoms with Crippen LogP contribution >= 0.6 is 11.6 Å². The van der Waals surface area contributed by atoms with Crippen molar-refractivity contribution in [3.8, 4) is 0 Å². The number of nitrogens with one attached hydrogen (secondary N) is 2. The lowest BCUT2D eigenvalue weighted by Gasteiger charge is -2.12. The van der Waals surface area contributed by atoms with Gasteiger partial charge in [0.15, 0.2) is 0 Å². The van der Waals surface area contributed by atoms with Crippen molar-refractivity contribution in [2.75, 3.05) is 10.0 Å². The van der Waals surface area contributed by atoms with Crippen molar-refractivity contribution in [1.82, 2.24) is 0 Å². The highest BCUT2D eigenvalue weighted by Gasteiger charge is 2.15. The van der Waals surface area contributed by atoms with Crippen LogP contribution in [0, 0.1) is 6.92 Å². The fourth-order valence-electron chi connectivity index (χ4n) is 1.88. The van der Waals surface area contributed by atoms with Gasteiger partial charge in [0.25, 0.3) is 10.0 Å². The Bertz CT molecular complexity index is 802. The van der Waals surface area contributed by atoms with Gasteiger partial charge >= 0.3 is 0 Å². The average Bonchev–Trinajstić information content (AvgIpc) is 2.41. The number of amides is 1. The molecular formula is C15H15ClN2O3S. The van der Waals surface area contributed by atoms with Crippen LogP contribution in [0.15, 0.2) is 47.4 Å². The van der Waals surface area contributed by atoms with E-state index in [9.17, 15) is 13.2 Å². The Hall–Kier alpha value is -2.05. The van der Waals surface area contributed by atoms with E-state index in [0.29, 0.717) is 22.0 Å². The van der Waals surface area contributed by atoms with E-state index in [1.54, 1.807) is 25.1 Å². The molecule has 2 aromatic rings. The van der Waals surface area contributed by atoms with Gasteiger partial charge in [0.2, 0.25) is 5.91 Å². The molecule has 116 valence electrons. The Morgan fingerprint density at radius 3 is 2.27 bits per heavy atom. The van der Waals surface area contributed by atoms with Crippen LogP contribution in [0.25, 0.3) is 0 Å². The second kappa shape index (κ2) is 6.37. The molecule has 0 aliphatic carbocycles. The lowest BCUT2D eigenvalue weighted by Crippen LogP contribution is -2.14. The van der Waals surface area contributed by atoms with Gasteiger partial charge in [0.1, 0.15) is 0 Å². The third-order valence-electron chi connectivity index (χ3n) is 2.92. The maximum atomic E-state index is 12.3. The Labute approximate surface area is 134 Å². The fraction of sp³-hybridized carbons (Fsp3) is 0.133. The van der Waals surface area contributed by atoms with Crippen LogP contribution in [0.2, 0.25) is 5.02 Å². The first-order valence-corrected chi connectivity index (χ1v) is 8.31. The zero-order valence-electron chi connectivity index (χ0n) is 12.1. The van der Waals surface area contributed by atoms with Gasteiger partial charge in [0.05, 0.1) is 10.6 Å². The lowest BCUT2D eigenvalue weighted by atomic mass is 10.2. The van der Waals surface area contributed by atoms with Crippen LogP contribution in [-0.4, -0.2) is 14.3 Å². The molecule has 2 N–H and O–H groups in total. The number of carbonyl (C=O) groups excluding carboxylic acids is 1. The molecule has 0 aromatic heterocycles. The van der Waals surface area contributed by atoms with Crippen molar-refractivity contribution in [1.29, 1.82) is 0 Å². The molecule has 22 heavy (non-hydrogen) atoms. The highest BCUT2D eigenvalue weighted by Crippen LogP contribution is 2.23. The molecule has 0 bridgehead atoms. The number of rotatable bonds is 4. The topological polar surface area (TPSA) is 75.3 Å². The van der Waals surface area contributed by atoms with Crippen molar-refractivity contribution in [2.45, 2.75) is 18.7 Å². The number of halogens is 1. The van der Waals surface area contributed by atoms with Gasteiger partial charge in [-0.3, -0.25) is 9.52 Å². The summed E-state index contributed by atoms with van der Waals surface area (Å²) >= 11 is 5.76. The summed E-state index contributed by atoms with van der Waals surface area (Å²) < 4.78 is 27.1. The number of carbonyl (C=O) groups is 1. The smallest absolute Gasteiger partial charge is 0.261 e.